The zero-order chi connectivity index (χ0) is 21.9. The van der Waals surface area contributed by atoms with Crippen LogP contribution in [0.4, 0.5) is 11.6 Å². The maximum Gasteiger partial charge on any atom is 0.232 e. The monoisotopic (exact) mass is 424 g/mol. The molecule has 0 saturated carbocycles. The second-order valence-electron chi connectivity index (χ2n) is 7.37. The highest BCUT2D eigenvalue weighted by Gasteiger charge is 2.16. The predicted octanol–water partition coefficient (Wildman–Crippen LogP) is 5.30. The summed E-state index contributed by atoms with van der Waals surface area (Å²) >= 11 is 0. The van der Waals surface area contributed by atoms with Crippen LogP contribution >= 0.6 is 0 Å². The van der Waals surface area contributed by atoms with Gasteiger partial charge in [0, 0.05) is 29.7 Å². The summed E-state index contributed by atoms with van der Waals surface area (Å²) in [5.74, 6) is 0.935. The minimum absolute atomic E-state index is 0.0740. The van der Waals surface area contributed by atoms with Crippen LogP contribution in [0.15, 0.2) is 88.0 Å². The second kappa shape index (κ2) is 8.39. The van der Waals surface area contributed by atoms with Crippen LogP contribution in [0.5, 0.6) is 0 Å². The highest BCUT2D eigenvalue weighted by molar-refractivity contribution is 6.01. The highest BCUT2D eigenvalue weighted by atomic mass is 16.5. The Kier molecular flexibility index (Phi) is 5.13. The van der Waals surface area contributed by atoms with Crippen molar-refractivity contribution < 1.29 is 13.7 Å². The number of aromatic nitrogens is 2. The van der Waals surface area contributed by atoms with Gasteiger partial charge >= 0.3 is 0 Å². The molecule has 7 heteroatoms. The molecular weight excluding hydrogens is 404 g/mol. The molecule has 0 bridgehead atoms. The number of anilines is 2. The average Bonchev–Trinajstić information content (AvgIpc) is 3.48. The normalized spacial score (nSPS) is 11.0. The molecule has 5 rings (SSSR count). The van der Waals surface area contributed by atoms with E-state index in [0.29, 0.717) is 29.6 Å². The van der Waals surface area contributed by atoms with E-state index < -0.39 is 0 Å². The summed E-state index contributed by atoms with van der Waals surface area (Å²) in [4.78, 5) is 16.9. The number of nitrogens with two attached hydrogens (primary N) is 1. The quantitative estimate of drug-likeness (QED) is 0.383. The Bertz CT molecular complexity index is 1360. The van der Waals surface area contributed by atoms with Crippen LogP contribution in [-0.2, 0) is 11.2 Å². The summed E-state index contributed by atoms with van der Waals surface area (Å²) in [6.07, 6.45) is 2.51. The first-order chi connectivity index (χ1) is 15.7. The molecule has 0 radical (unpaired) electrons. The summed E-state index contributed by atoms with van der Waals surface area (Å²) in [6, 6.07) is 23.1. The Morgan fingerprint density at radius 2 is 1.78 bits per heavy atom. The van der Waals surface area contributed by atoms with Crippen LogP contribution < -0.4 is 11.1 Å². The average molecular weight is 424 g/mol. The van der Waals surface area contributed by atoms with Gasteiger partial charge in [-0.15, -0.1) is 0 Å². The van der Waals surface area contributed by atoms with Crippen molar-refractivity contribution in [3.8, 4) is 22.4 Å². The Morgan fingerprint density at radius 1 is 0.969 bits per heavy atom. The first-order valence-electron chi connectivity index (χ1n) is 10.2. The zero-order valence-corrected chi connectivity index (χ0v) is 17.1. The zero-order valence-electron chi connectivity index (χ0n) is 17.1. The lowest BCUT2D eigenvalue weighted by Crippen LogP contribution is -2.12. The summed E-state index contributed by atoms with van der Waals surface area (Å²) in [5.41, 5.74) is 10.7. The standard InChI is InChI=1S/C25H20N4O3/c26-24-23-20(15-21(28-25(23)29-32-24)17-5-2-1-3-6-17)16-8-10-18(11-9-16)27-22(30)13-12-19-7-4-14-31-19/h1-11,14-15H,12-13,26H2,(H,27,30). The van der Waals surface area contributed by atoms with E-state index >= 15 is 0 Å². The van der Waals surface area contributed by atoms with Gasteiger partial charge in [-0.2, -0.15) is 0 Å². The number of nitrogen functional groups attached to an aromatic ring is 1. The molecule has 7 nitrogen and oxygen atoms in total. The first-order valence-corrected chi connectivity index (χ1v) is 10.2. The van der Waals surface area contributed by atoms with Gasteiger partial charge in [-0.25, -0.2) is 4.98 Å². The Labute approximate surface area is 183 Å². The van der Waals surface area contributed by atoms with Gasteiger partial charge in [0.1, 0.15) is 5.76 Å². The van der Waals surface area contributed by atoms with Gasteiger partial charge in [-0.1, -0.05) is 47.6 Å². The van der Waals surface area contributed by atoms with E-state index in [0.717, 1.165) is 28.1 Å². The third-order valence-corrected chi connectivity index (χ3v) is 5.20. The molecule has 0 unspecified atom stereocenters. The number of furan rings is 1. The number of hydrogen-bond donors (Lipinski definition) is 2. The van der Waals surface area contributed by atoms with Crippen LogP contribution in [-0.4, -0.2) is 16.0 Å². The molecule has 1 amide bonds. The van der Waals surface area contributed by atoms with Gasteiger partial charge < -0.3 is 20.0 Å². The van der Waals surface area contributed by atoms with Crippen LogP contribution in [0.1, 0.15) is 12.2 Å². The van der Waals surface area contributed by atoms with Crippen molar-refractivity contribution in [3.05, 3.63) is 84.8 Å². The van der Waals surface area contributed by atoms with Crippen LogP contribution in [0.2, 0.25) is 0 Å². The maximum atomic E-state index is 12.3. The number of carbonyl (C=O) groups is 1. The number of carbonyl (C=O) groups excluding carboxylic acids is 1. The minimum atomic E-state index is -0.0740. The van der Waals surface area contributed by atoms with E-state index in [4.69, 9.17) is 14.7 Å². The van der Waals surface area contributed by atoms with E-state index in [1.165, 1.54) is 0 Å². The van der Waals surface area contributed by atoms with E-state index in [-0.39, 0.29) is 11.8 Å². The molecule has 5 aromatic rings. The van der Waals surface area contributed by atoms with Gasteiger partial charge in [0.25, 0.3) is 0 Å². The molecule has 0 aliphatic heterocycles. The molecule has 2 aromatic carbocycles. The SMILES string of the molecule is Nc1onc2nc(-c3ccccc3)cc(-c3ccc(NC(=O)CCc4ccco4)cc3)c12. The van der Waals surface area contributed by atoms with Crippen LogP contribution in [0, 0.1) is 0 Å². The molecule has 32 heavy (non-hydrogen) atoms. The van der Waals surface area contributed by atoms with Gasteiger partial charge in [0.05, 0.1) is 17.3 Å². The molecule has 3 heterocycles. The van der Waals surface area contributed by atoms with E-state index in [9.17, 15) is 4.79 Å². The number of nitrogens with zero attached hydrogens (tertiary/aromatic N) is 2. The molecule has 0 atom stereocenters. The molecule has 158 valence electrons. The third-order valence-electron chi connectivity index (χ3n) is 5.20. The molecule has 0 aliphatic rings. The second-order valence-corrected chi connectivity index (χ2v) is 7.37. The van der Waals surface area contributed by atoms with Crippen molar-refractivity contribution in [2.45, 2.75) is 12.8 Å². The Balaban J connectivity index is 1.41. The van der Waals surface area contributed by atoms with Crippen molar-refractivity contribution in [2.24, 2.45) is 0 Å². The highest BCUT2D eigenvalue weighted by Crippen LogP contribution is 2.35. The summed E-state index contributed by atoms with van der Waals surface area (Å²) in [7, 11) is 0. The smallest absolute Gasteiger partial charge is 0.232 e. The molecule has 0 aliphatic carbocycles. The molecule has 3 N–H and O–H groups in total. The number of hydrogen-bond acceptors (Lipinski definition) is 6. The molecule has 0 spiro atoms. The fraction of sp³-hybridized carbons (Fsp3) is 0.0800. The summed E-state index contributed by atoms with van der Waals surface area (Å²) in [6.45, 7) is 0. The Morgan fingerprint density at radius 3 is 2.53 bits per heavy atom. The fourth-order valence-corrected chi connectivity index (χ4v) is 3.61. The van der Waals surface area contributed by atoms with Crippen molar-refractivity contribution in [3.63, 3.8) is 0 Å². The molecule has 0 saturated heterocycles. The van der Waals surface area contributed by atoms with Gasteiger partial charge in [0.2, 0.25) is 17.4 Å². The van der Waals surface area contributed by atoms with Gasteiger partial charge in [0.15, 0.2) is 0 Å². The molecule has 3 aromatic heterocycles. The number of amides is 1. The fourth-order valence-electron chi connectivity index (χ4n) is 3.61. The number of fused-ring (bicyclic) bond motifs is 1. The maximum absolute atomic E-state index is 12.3. The lowest BCUT2D eigenvalue weighted by molar-refractivity contribution is -0.116. The van der Waals surface area contributed by atoms with Crippen molar-refractivity contribution in [2.75, 3.05) is 11.1 Å². The van der Waals surface area contributed by atoms with Crippen LogP contribution in [0.3, 0.4) is 0 Å². The van der Waals surface area contributed by atoms with Crippen LogP contribution in [0.25, 0.3) is 33.4 Å². The van der Waals surface area contributed by atoms with E-state index in [1.54, 1.807) is 6.26 Å². The number of pyridine rings is 1. The van der Waals surface area contributed by atoms with Crippen molar-refractivity contribution >= 4 is 28.5 Å². The van der Waals surface area contributed by atoms with Crippen molar-refractivity contribution in [1.82, 2.24) is 10.1 Å². The van der Waals surface area contributed by atoms with Crippen molar-refractivity contribution in [1.29, 1.82) is 0 Å². The number of nitrogens with one attached hydrogen (secondary N) is 1. The predicted molar refractivity (Wildman–Crippen MR) is 123 cm³/mol. The summed E-state index contributed by atoms with van der Waals surface area (Å²) in [5, 5.41) is 7.60. The summed E-state index contributed by atoms with van der Waals surface area (Å²) < 4.78 is 10.5. The van der Waals surface area contributed by atoms with E-state index in [1.807, 2.05) is 72.8 Å². The van der Waals surface area contributed by atoms with Gasteiger partial charge in [-0.3, -0.25) is 4.79 Å². The molecular formula is C25H20N4O3. The van der Waals surface area contributed by atoms with E-state index in [2.05, 4.69) is 15.5 Å². The molecule has 0 fully saturated rings. The lowest BCUT2D eigenvalue weighted by Gasteiger charge is -2.09. The Hall–Kier alpha value is -4.39. The largest absolute Gasteiger partial charge is 0.469 e. The van der Waals surface area contributed by atoms with Gasteiger partial charge in [-0.05, 0) is 35.9 Å². The first kappa shape index (κ1) is 19.6. The number of aryl methyl sites for hydroxylation is 1. The topological polar surface area (TPSA) is 107 Å². The third kappa shape index (κ3) is 3.96. The number of rotatable bonds is 6. The number of benzene rings is 2. The minimum Gasteiger partial charge on any atom is -0.469 e. The lowest BCUT2D eigenvalue weighted by atomic mass is 10.00.